The summed E-state index contributed by atoms with van der Waals surface area (Å²) in [5, 5.41) is 9.21. The Morgan fingerprint density at radius 3 is 2.74 bits per heavy atom. The van der Waals surface area contributed by atoms with Gasteiger partial charge in [0.2, 0.25) is 0 Å². The number of allylic oxidation sites excluding steroid dienone is 1. The molecule has 3 aromatic rings. The summed E-state index contributed by atoms with van der Waals surface area (Å²) in [6.45, 7) is 4.38. The third-order valence-electron chi connectivity index (χ3n) is 3.29. The third-order valence-corrected chi connectivity index (χ3v) is 4.26. The zero-order valence-electron chi connectivity index (χ0n) is 12.5. The van der Waals surface area contributed by atoms with Crippen molar-refractivity contribution in [3.63, 3.8) is 0 Å². The topological polar surface area (TPSA) is 63.6 Å². The Hall–Kier alpha value is -2.60. The molecule has 0 aliphatic carbocycles. The first-order chi connectivity index (χ1) is 11.3. The lowest BCUT2D eigenvalue weighted by atomic mass is 10.2. The first kappa shape index (κ1) is 15.3. The second kappa shape index (κ2) is 7.11. The number of benzene rings is 1. The lowest BCUT2D eigenvalue weighted by Crippen LogP contribution is -2.05. The van der Waals surface area contributed by atoms with E-state index in [1.165, 1.54) is 11.8 Å². The fraction of sp³-hybridized carbons (Fsp3) is 0.118. The van der Waals surface area contributed by atoms with Crippen LogP contribution in [0.4, 0.5) is 0 Å². The van der Waals surface area contributed by atoms with Gasteiger partial charge in [-0.05, 0) is 12.1 Å². The Balaban J connectivity index is 1.81. The van der Waals surface area contributed by atoms with Crippen LogP contribution in [0.15, 0.2) is 66.5 Å². The molecule has 0 spiro atoms. The van der Waals surface area contributed by atoms with Crippen molar-refractivity contribution in [3.8, 4) is 11.4 Å². The highest BCUT2D eigenvalue weighted by Gasteiger charge is 2.15. The van der Waals surface area contributed by atoms with Crippen LogP contribution >= 0.6 is 11.8 Å². The van der Waals surface area contributed by atoms with Gasteiger partial charge in [0.05, 0.1) is 11.4 Å². The minimum atomic E-state index is 0.0365. The van der Waals surface area contributed by atoms with Gasteiger partial charge in [-0.1, -0.05) is 48.2 Å². The normalized spacial score (nSPS) is 10.6. The molecule has 0 aliphatic rings. The number of nitrogens with one attached hydrogen (secondary N) is 1. The Morgan fingerprint density at radius 1 is 1.22 bits per heavy atom. The number of Topliss-reactive ketones (excluding diaryl/α,β-unsaturated/α-hetero) is 1. The van der Waals surface area contributed by atoms with Gasteiger partial charge in [0.1, 0.15) is 0 Å². The number of hydrogen-bond acceptors (Lipinski definition) is 4. The van der Waals surface area contributed by atoms with Gasteiger partial charge in [-0.25, -0.2) is 0 Å². The SMILES string of the molecule is C=CCn1c(SCC(=O)c2ccc[nH]2)nnc1-c1ccccc1. The summed E-state index contributed by atoms with van der Waals surface area (Å²) in [6, 6.07) is 13.4. The van der Waals surface area contributed by atoms with Crippen molar-refractivity contribution in [2.24, 2.45) is 0 Å². The van der Waals surface area contributed by atoms with Crippen LogP contribution in [-0.2, 0) is 6.54 Å². The molecule has 2 aromatic heterocycles. The van der Waals surface area contributed by atoms with Crippen molar-refractivity contribution < 1.29 is 4.79 Å². The van der Waals surface area contributed by atoms with Gasteiger partial charge in [0.25, 0.3) is 0 Å². The number of carbonyl (C=O) groups excluding carboxylic acids is 1. The molecule has 6 heteroatoms. The molecule has 5 nitrogen and oxygen atoms in total. The number of aromatic amines is 1. The summed E-state index contributed by atoms with van der Waals surface area (Å²) in [5.74, 6) is 1.12. The number of thioether (sulfide) groups is 1. The molecule has 0 fully saturated rings. The molecule has 23 heavy (non-hydrogen) atoms. The lowest BCUT2D eigenvalue weighted by Gasteiger charge is -2.07. The van der Waals surface area contributed by atoms with Gasteiger partial charge in [-0.3, -0.25) is 9.36 Å². The molecule has 0 atom stereocenters. The summed E-state index contributed by atoms with van der Waals surface area (Å²) < 4.78 is 1.97. The summed E-state index contributed by atoms with van der Waals surface area (Å²) in [6.07, 6.45) is 3.54. The molecule has 0 bridgehead atoms. The van der Waals surface area contributed by atoms with Crippen molar-refractivity contribution >= 4 is 17.5 Å². The summed E-state index contributed by atoms with van der Waals surface area (Å²) in [5.41, 5.74) is 1.60. The highest BCUT2D eigenvalue weighted by Crippen LogP contribution is 2.24. The Bertz CT molecular complexity index is 793. The Labute approximate surface area is 138 Å². The molecule has 0 amide bonds. The van der Waals surface area contributed by atoms with Gasteiger partial charge >= 0.3 is 0 Å². The number of hydrogen-bond donors (Lipinski definition) is 1. The van der Waals surface area contributed by atoms with Crippen molar-refractivity contribution in [2.45, 2.75) is 11.7 Å². The van der Waals surface area contributed by atoms with E-state index in [0.717, 1.165) is 11.4 Å². The van der Waals surface area contributed by atoms with E-state index >= 15 is 0 Å². The van der Waals surface area contributed by atoms with Gasteiger partial charge < -0.3 is 4.98 Å². The molecule has 116 valence electrons. The van der Waals surface area contributed by atoms with Gasteiger partial charge in [-0.15, -0.1) is 16.8 Å². The molecule has 1 aromatic carbocycles. The maximum Gasteiger partial charge on any atom is 0.192 e. The van der Waals surface area contributed by atoms with Crippen molar-refractivity contribution in [2.75, 3.05) is 5.75 Å². The first-order valence-electron chi connectivity index (χ1n) is 7.18. The predicted molar refractivity (Wildman–Crippen MR) is 91.5 cm³/mol. The predicted octanol–water partition coefficient (Wildman–Crippen LogP) is 3.43. The number of rotatable bonds is 7. The van der Waals surface area contributed by atoms with E-state index < -0.39 is 0 Å². The molecule has 0 saturated carbocycles. The monoisotopic (exact) mass is 324 g/mol. The van der Waals surface area contributed by atoms with Crippen LogP contribution in [0.2, 0.25) is 0 Å². The zero-order valence-corrected chi connectivity index (χ0v) is 13.3. The lowest BCUT2D eigenvalue weighted by molar-refractivity contribution is 0.101. The third kappa shape index (κ3) is 3.43. The van der Waals surface area contributed by atoms with E-state index in [4.69, 9.17) is 0 Å². The standard InChI is InChI=1S/C17H16N4OS/c1-2-11-21-16(13-7-4-3-5-8-13)19-20-17(21)23-12-15(22)14-9-6-10-18-14/h2-10,18H,1,11-12H2. The summed E-state index contributed by atoms with van der Waals surface area (Å²) in [4.78, 5) is 15.0. The highest BCUT2D eigenvalue weighted by atomic mass is 32.2. The van der Waals surface area contributed by atoms with Crippen molar-refractivity contribution in [1.82, 2.24) is 19.7 Å². The molecule has 0 aliphatic heterocycles. The average molecular weight is 324 g/mol. The van der Waals surface area contributed by atoms with E-state index in [-0.39, 0.29) is 5.78 Å². The molecule has 1 N–H and O–H groups in total. The number of ketones is 1. The largest absolute Gasteiger partial charge is 0.359 e. The average Bonchev–Trinajstić information content (AvgIpc) is 3.24. The van der Waals surface area contributed by atoms with Gasteiger partial charge in [0.15, 0.2) is 16.8 Å². The maximum absolute atomic E-state index is 12.1. The highest BCUT2D eigenvalue weighted by molar-refractivity contribution is 7.99. The molecular formula is C17H16N4OS. The smallest absolute Gasteiger partial charge is 0.192 e. The van der Waals surface area contributed by atoms with E-state index in [0.29, 0.717) is 23.1 Å². The molecule has 0 saturated heterocycles. The van der Waals surface area contributed by atoms with Crippen LogP contribution in [0.25, 0.3) is 11.4 Å². The van der Waals surface area contributed by atoms with E-state index in [9.17, 15) is 4.79 Å². The van der Waals surface area contributed by atoms with E-state index in [1.807, 2.05) is 41.0 Å². The van der Waals surface area contributed by atoms with Crippen LogP contribution in [0, 0.1) is 0 Å². The van der Waals surface area contributed by atoms with Gasteiger partial charge in [-0.2, -0.15) is 0 Å². The van der Waals surface area contributed by atoms with Crippen LogP contribution in [0.3, 0.4) is 0 Å². The van der Waals surface area contributed by atoms with Crippen LogP contribution in [-0.4, -0.2) is 31.3 Å². The number of aromatic nitrogens is 4. The molecule has 0 radical (unpaired) electrons. The molecular weight excluding hydrogens is 308 g/mol. The maximum atomic E-state index is 12.1. The molecule has 3 rings (SSSR count). The quantitative estimate of drug-likeness (QED) is 0.411. The van der Waals surface area contributed by atoms with Crippen molar-refractivity contribution in [3.05, 3.63) is 67.0 Å². The van der Waals surface area contributed by atoms with Crippen LogP contribution in [0.5, 0.6) is 0 Å². The number of carbonyl (C=O) groups is 1. The van der Waals surface area contributed by atoms with E-state index in [2.05, 4.69) is 21.8 Å². The Morgan fingerprint density at radius 2 is 2.04 bits per heavy atom. The first-order valence-corrected chi connectivity index (χ1v) is 8.17. The number of nitrogens with zero attached hydrogens (tertiary/aromatic N) is 3. The molecule has 2 heterocycles. The fourth-order valence-electron chi connectivity index (χ4n) is 2.20. The molecule has 0 unspecified atom stereocenters. The summed E-state index contributed by atoms with van der Waals surface area (Å²) in [7, 11) is 0. The van der Waals surface area contributed by atoms with Crippen LogP contribution < -0.4 is 0 Å². The van der Waals surface area contributed by atoms with Gasteiger partial charge in [0, 0.05) is 18.3 Å². The second-order valence-electron chi connectivity index (χ2n) is 4.87. The summed E-state index contributed by atoms with van der Waals surface area (Å²) >= 11 is 1.38. The minimum absolute atomic E-state index is 0.0365. The van der Waals surface area contributed by atoms with Crippen molar-refractivity contribution in [1.29, 1.82) is 0 Å². The number of H-pyrrole nitrogens is 1. The van der Waals surface area contributed by atoms with E-state index in [1.54, 1.807) is 18.3 Å². The van der Waals surface area contributed by atoms with Crippen LogP contribution in [0.1, 0.15) is 10.5 Å². The Kier molecular flexibility index (Phi) is 4.73. The fourth-order valence-corrected chi connectivity index (χ4v) is 3.03. The zero-order chi connectivity index (χ0) is 16.1. The minimum Gasteiger partial charge on any atom is -0.359 e. The second-order valence-corrected chi connectivity index (χ2v) is 5.81.